The summed E-state index contributed by atoms with van der Waals surface area (Å²) in [6.07, 6.45) is -0.888. The van der Waals surface area contributed by atoms with Gasteiger partial charge in [0, 0.05) is 32.7 Å². The topological polar surface area (TPSA) is 43.8 Å². The van der Waals surface area contributed by atoms with E-state index >= 15 is 0 Å². The molecule has 20 heavy (non-hydrogen) atoms. The average molecular weight is 276 g/mol. The molecule has 1 atom stereocenters. The molecule has 1 aliphatic heterocycles. The number of piperazine rings is 1. The van der Waals surface area contributed by atoms with Crippen LogP contribution in [0.1, 0.15) is 23.6 Å². The minimum atomic E-state index is -0.888. The molecule has 110 valence electrons. The van der Waals surface area contributed by atoms with Crippen LogP contribution in [0.15, 0.2) is 18.2 Å². The van der Waals surface area contributed by atoms with E-state index in [-0.39, 0.29) is 5.91 Å². The number of rotatable bonds is 3. The third-order valence-corrected chi connectivity index (χ3v) is 4.02. The van der Waals surface area contributed by atoms with Crippen molar-refractivity contribution < 1.29 is 9.90 Å². The van der Waals surface area contributed by atoms with Gasteiger partial charge in [-0.2, -0.15) is 0 Å². The summed E-state index contributed by atoms with van der Waals surface area (Å²) in [4.78, 5) is 15.8. The van der Waals surface area contributed by atoms with Crippen LogP contribution >= 0.6 is 0 Å². The molecule has 1 N–H and O–H groups in total. The second-order valence-corrected chi connectivity index (χ2v) is 5.70. The van der Waals surface area contributed by atoms with Crippen LogP contribution in [0.25, 0.3) is 0 Å². The van der Waals surface area contributed by atoms with E-state index < -0.39 is 6.10 Å². The summed E-state index contributed by atoms with van der Waals surface area (Å²) >= 11 is 0. The first-order valence-electron chi connectivity index (χ1n) is 7.22. The van der Waals surface area contributed by atoms with E-state index in [9.17, 15) is 9.90 Å². The first-order valence-corrected chi connectivity index (χ1v) is 7.22. The number of carbonyl (C=O) groups excluding carboxylic acids is 1. The highest BCUT2D eigenvalue weighted by Gasteiger charge is 2.23. The Hall–Kier alpha value is -1.39. The van der Waals surface area contributed by atoms with Gasteiger partial charge in [-0.05, 0) is 37.5 Å². The zero-order valence-corrected chi connectivity index (χ0v) is 12.6. The van der Waals surface area contributed by atoms with Crippen molar-refractivity contribution in [3.8, 4) is 0 Å². The summed E-state index contributed by atoms with van der Waals surface area (Å²) < 4.78 is 0. The Morgan fingerprint density at radius 3 is 2.40 bits per heavy atom. The van der Waals surface area contributed by atoms with Gasteiger partial charge in [-0.1, -0.05) is 18.2 Å². The quantitative estimate of drug-likeness (QED) is 0.906. The number of aryl methyl sites for hydroxylation is 2. The second-order valence-electron chi connectivity index (χ2n) is 5.70. The van der Waals surface area contributed by atoms with Crippen molar-refractivity contribution in [1.82, 2.24) is 9.80 Å². The van der Waals surface area contributed by atoms with Crippen LogP contribution in [0.4, 0.5) is 0 Å². The van der Waals surface area contributed by atoms with Gasteiger partial charge < -0.3 is 10.0 Å². The van der Waals surface area contributed by atoms with Crippen molar-refractivity contribution in [3.63, 3.8) is 0 Å². The largest absolute Gasteiger partial charge is 0.384 e. The van der Waals surface area contributed by atoms with Gasteiger partial charge in [0.1, 0.15) is 6.10 Å². The molecule has 0 aliphatic carbocycles. The lowest BCUT2D eigenvalue weighted by Crippen LogP contribution is -2.50. The van der Waals surface area contributed by atoms with E-state index in [0.29, 0.717) is 13.1 Å². The number of benzene rings is 1. The Bertz CT molecular complexity index is 477. The lowest BCUT2D eigenvalue weighted by Gasteiger charge is -2.35. The first kappa shape index (κ1) is 15.0. The standard InChI is InChI=1S/C16H24N2O2/c1-12-4-5-15(10-13(12)2)11-17-6-8-18(9-7-17)16(20)14(3)19/h4-5,10,14,19H,6-9,11H2,1-3H3. The minimum Gasteiger partial charge on any atom is -0.384 e. The summed E-state index contributed by atoms with van der Waals surface area (Å²) in [7, 11) is 0. The third-order valence-electron chi connectivity index (χ3n) is 4.02. The molecule has 2 rings (SSSR count). The van der Waals surface area contributed by atoms with Gasteiger partial charge in [0.2, 0.25) is 0 Å². The molecule has 0 saturated carbocycles. The van der Waals surface area contributed by atoms with Crippen LogP contribution in [0.3, 0.4) is 0 Å². The van der Waals surface area contributed by atoms with Crippen LogP contribution in [0.2, 0.25) is 0 Å². The fourth-order valence-corrected chi connectivity index (χ4v) is 2.55. The molecule has 0 spiro atoms. The van der Waals surface area contributed by atoms with Crippen molar-refractivity contribution >= 4 is 5.91 Å². The molecule has 1 amide bonds. The van der Waals surface area contributed by atoms with Crippen molar-refractivity contribution in [2.75, 3.05) is 26.2 Å². The van der Waals surface area contributed by atoms with Crippen molar-refractivity contribution in [1.29, 1.82) is 0 Å². The molecule has 0 radical (unpaired) electrons. The van der Waals surface area contributed by atoms with Crippen LogP contribution < -0.4 is 0 Å². The summed E-state index contributed by atoms with van der Waals surface area (Å²) in [5.74, 6) is -0.157. The Morgan fingerprint density at radius 2 is 1.85 bits per heavy atom. The highest BCUT2D eigenvalue weighted by atomic mass is 16.3. The number of amides is 1. The zero-order chi connectivity index (χ0) is 14.7. The predicted molar refractivity (Wildman–Crippen MR) is 79.5 cm³/mol. The molecule has 0 bridgehead atoms. The number of hydrogen-bond donors (Lipinski definition) is 1. The molecule has 1 saturated heterocycles. The van der Waals surface area contributed by atoms with Gasteiger partial charge >= 0.3 is 0 Å². The number of carbonyl (C=O) groups is 1. The number of hydrogen-bond acceptors (Lipinski definition) is 3. The van der Waals surface area contributed by atoms with Crippen LogP contribution in [-0.2, 0) is 11.3 Å². The third kappa shape index (κ3) is 3.58. The Labute approximate surface area is 121 Å². The molecule has 4 heteroatoms. The number of aliphatic hydroxyl groups is 1. The molecule has 0 aromatic heterocycles. The van der Waals surface area contributed by atoms with Crippen molar-refractivity contribution in [2.45, 2.75) is 33.4 Å². The molecule has 1 heterocycles. The molecular formula is C16H24N2O2. The summed E-state index contributed by atoms with van der Waals surface area (Å²) in [6, 6.07) is 6.58. The van der Waals surface area contributed by atoms with Crippen LogP contribution in [0, 0.1) is 13.8 Å². The molecule has 1 unspecified atom stereocenters. The van der Waals surface area contributed by atoms with E-state index in [1.165, 1.54) is 23.6 Å². The zero-order valence-electron chi connectivity index (χ0n) is 12.6. The van der Waals surface area contributed by atoms with Crippen molar-refractivity contribution in [2.24, 2.45) is 0 Å². The molecular weight excluding hydrogens is 252 g/mol. The SMILES string of the molecule is Cc1ccc(CN2CCN(C(=O)C(C)O)CC2)cc1C. The van der Waals surface area contributed by atoms with Gasteiger partial charge in [-0.25, -0.2) is 0 Å². The van der Waals surface area contributed by atoms with Crippen molar-refractivity contribution in [3.05, 3.63) is 34.9 Å². The first-order chi connectivity index (χ1) is 9.47. The second kappa shape index (κ2) is 6.37. The number of nitrogens with zero attached hydrogens (tertiary/aromatic N) is 2. The summed E-state index contributed by atoms with van der Waals surface area (Å²) in [5.41, 5.74) is 3.97. The predicted octanol–water partition coefficient (Wildman–Crippen LogP) is 1.33. The van der Waals surface area contributed by atoms with Gasteiger partial charge in [-0.15, -0.1) is 0 Å². The fourth-order valence-electron chi connectivity index (χ4n) is 2.55. The maximum Gasteiger partial charge on any atom is 0.251 e. The Balaban J connectivity index is 1.88. The highest BCUT2D eigenvalue weighted by Crippen LogP contribution is 2.13. The monoisotopic (exact) mass is 276 g/mol. The van der Waals surface area contributed by atoms with Gasteiger partial charge in [-0.3, -0.25) is 9.69 Å². The van der Waals surface area contributed by atoms with E-state index in [1.807, 2.05) is 0 Å². The smallest absolute Gasteiger partial charge is 0.251 e. The Kier molecular flexibility index (Phi) is 4.78. The molecule has 1 aromatic carbocycles. The lowest BCUT2D eigenvalue weighted by atomic mass is 10.1. The normalized spacial score (nSPS) is 18.1. The van der Waals surface area contributed by atoms with E-state index in [0.717, 1.165) is 19.6 Å². The molecule has 1 aliphatic rings. The molecule has 1 fully saturated rings. The van der Waals surface area contributed by atoms with Crippen LogP contribution in [0.5, 0.6) is 0 Å². The molecule has 4 nitrogen and oxygen atoms in total. The van der Waals surface area contributed by atoms with Gasteiger partial charge in [0.15, 0.2) is 0 Å². The molecule has 1 aromatic rings. The lowest BCUT2D eigenvalue weighted by molar-refractivity contribution is -0.141. The summed E-state index contributed by atoms with van der Waals surface area (Å²) in [5, 5.41) is 9.33. The van der Waals surface area contributed by atoms with E-state index in [2.05, 4.69) is 36.9 Å². The number of aliphatic hydroxyl groups excluding tert-OH is 1. The van der Waals surface area contributed by atoms with Gasteiger partial charge in [0.05, 0.1) is 0 Å². The maximum absolute atomic E-state index is 11.7. The fraction of sp³-hybridized carbons (Fsp3) is 0.562. The Morgan fingerprint density at radius 1 is 1.20 bits per heavy atom. The van der Waals surface area contributed by atoms with Gasteiger partial charge in [0.25, 0.3) is 5.91 Å². The average Bonchev–Trinajstić information content (AvgIpc) is 2.43. The van der Waals surface area contributed by atoms with E-state index in [1.54, 1.807) is 4.90 Å². The maximum atomic E-state index is 11.7. The van der Waals surface area contributed by atoms with Crippen LogP contribution in [-0.4, -0.2) is 53.1 Å². The summed E-state index contributed by atoms with van der Waals surface area (Å²) in [6.45, 7) is 9.86. The van der Waals surface area contributed by atoms with E-state index in [4.69, 9.17) is 0 Å². The highest BCUT2D eigenvalue weighted by molar-refractivity contribution is 5.80. The minimum absolute atomic E-state index is 0.157.